The minimum Gasteiger partial charge on any atom is -0.480 e. The molecule has 1 aliphatic rings. The van der Waals surface area contributed by atoms with Crippen molar-refractivity contribution in [2.75, 3.05) is 13.6 Å². The van der Waals surface area contributed by atoms with Crippen molar-refractivity contribution in [1.82, 2.24) is 9.80 Å². The lowest BCUT2D eigenvalue weighted by atomic mass is 9.94. The number of amides is 1. The number of carbonyl (C=O) groups excluding carboxylic acids is 1. The van der Waals surface area contributed by atoms with Crippen molar-refractivity contribution in [3.63, 3.8) is 0 Å². The molecule has 1 fully saturated rings. The third-order valence-corrected chi connectivity index (χ3v) is 5.11. The number of carboxylic acids is 1. The molecule has 0 bridgehead atoms. The lowest BCUT2D eigenvalue weighted by molar-refractivity contribution is -0.144. The third-order valence-electron chi connectivity index (χ3n) is 5.11. The Bertz CT molecular complexity index is 771. The molecule has 0 radical (unpaired) electrons. The fraction of sp³-hybridized carbons (Fsp3) is 0.400. The first-order valence-corrected chi connectivity index (χ1v) is 8.79. The lowest BCUT2D eigenvalue weighted by Gasteiger charge is -2.40. The van der Waals surface area contributed by atoms with Gasteiger partial charge in [-0.25, -0.2) is 4.79 Å². The van der Waals surface area contributed by atoms with Crippen LogP contribution >= 0.6 is 0 Å². The average molecular weight is 356 g/mol. The summed E-state index contributed by atoms with van der Waals surface area (Å²) in [6, 6.07) is 11.0. The van der Waals surface area contributed by atoms with Gasteiger partial charge in [-0.1, -0.05) is 30.3 Å². The molecule has 1 amide bonds. The highest BCUT2D eigenvalue weighted by Crippen LogP contribution is 2.25. The molecule has 2 atom stereocenters. The summed E-state index contributed by atoms with van der Waals surface area (Å²) in [5.74, 6) is -0.715. The molecule has 0 aliphatic carbocycles. The van der Waals surface area contributed by atoms with E-state index in [9.17, 15) is 14.7 Å². The fourth-order valence-electron chi connectivity index (χ4n) is 3.59. The minimum absolute atomic E-state index is 0.116. The van der Waals surface area contributed by atoms with Gasteiger partial charge in [-0.05, 0) is 38.4 Å². The van der Waals surface area contributed by atoms with Gasteiger partial charge in [0.1, 0.15) is 11.8 Å². The van der Waals surface area contributed by atoms with Gasteiger partial charge in [0, 0.05) is 19.1 Å². The molecular formula is C20H24N2O4. The molecule has 26 heavy (non-hydrogen) atoms. The molecule has 6 nitrogen and oxygen atoms in total. The summed E-state index contributed by atoms with van der Waals surface area (Å²) in [5.41, 5.74) is 1.63. The van der Waals surface area contributed by atoms with Crippen LogP contribution in [-0.4, -0.2) is 52.5 Å². The number of carbonyl (C=O) groups is 2. The van der Waals surface area contributed by atoms with Crippen LogP contribution in [0.1, 0.15) is 34.5 Å². The maximum Gasteiger partial charge on any atom is 0.326 e. The van der Waals surface area contributed by atoms with Crippen LogP contribution in [0.2, 0.25) is 0 Å². The second-order valence-electron chi connectivity index (χ2n) is 6.82. The highest BCUT2D eigenvalue weighted by Gasteiger charge is 2.38. The summed E-state index contributed by atoms with van der Waals surface area (Å²) in [5, 5.41) is 9.68. The molecular weight excluding hydrogens is 332 g/mol. The van der Waals surface area contributed by atoms with Crippen LogP contribution in [0, 0.1) is 6.92 Å². The van der Waals surface area contributed by atoms with Crippen LogP contribution in [0.15, 0.2) is 47.1 Å². The molecule has 138 valence electrons. The van der Waals surface area contributed by atoms with E-state index in [-0.39, 0.29) is 11.9 Å². The van der Waals surface area contributed by atoms with Crippen molar-refractivity contribution < 1.29 is 19.1 Å². The zero-order valence-corrected chi connectivity index (χ0v) is 15.1. The van der Waals surface area contributed by atoms with Gasteiger partial charge in [-0.3, -0.25) is 9.69 Å². The van der Waals surface area contributed by atoms with Gasteiger partial charge in [-0.2, -0.15) is 0 Å². The Labute approximate surface area is 153 Å². The van der Waals surface area contributed by atoms with Crippen molar-refractivity contribution in [1.29, 1.82) is 0 Å². The maximum absolute atomic E-state index is 12.8. The van der Waals surface area contributed by atoms with Gasteiger partial charge in [0.2, 0.25) is 0 Å². The smallest absolute Gasteiger partial charge is 0.326 e. The van der Waals surface area contributed by atoms with E-state index >= 15 is 0 Å². The first kappa shape index (κ1) is 18.2. The van der Waals surface area contributed by atoms with Crippen LogP contribution in [0.5, 0.6) is 0 Å². The predicted molar refractivity (Wildman–Crippen MR) is 96.8 cm³/mol. The van der Waals surface area contributed by atoms with E-state index in [1.54, 1.807) is 13.0 Å². The molecule has 1 N–H and O–H groups in total. The molecule has 1 aliphatic heterocycles. The summed E-state index contributed by atoms with van der Waals surface area (Å²) in [7, 11) is 2.01. The molecule has 1 aromatic heterocycles. The fourth-order valence-corrected chi connectivity index (χ4v) is 3.59. The Hall–Kier alpha value is -2.60. The highest BCUT2D eigenvalue weighted by atomic mass is 16.4. The van der Waals surface area contributed by atoms with E-state index < -0.39 is 12.0 Å². The highest BCUT2D eigenvalue weighted by molar-refractivity contribution is 5.97. The van der Waals surface area contributed by atoms with E-state index in [1.165, 1.54) is 16.7 Å². The number of nitrogens with zero attached hydrogens (tertiary/aromatic N) is 2. The third kappa shape index (κ3) is 3.80. The number of aliphatic carboxylic acids is 1. The topological polar surface area (TPSA) is 74.0 Å². The largest absolute Gasteiger partial charge is 0.480 e. The molecule has 2 heterocycles. The summed E-state index contributed by atoms with van der Waals surface area (Å²) in [6.45, 7) is 2.89. The summed E-state index contributed by atoms with van der Waals surface area (Å²) >= 11 is 0. The number of likely N-dealkylation sites (tertiary alicyclic amines) is 1. The molecule has 2 unspecified atom stereocenters. The molecule has 6 heteroatoms. The van der Waals surface area contributed by atoms with Crippen LogP contribution < -0.4 is 0 Å². The Balaban J connectivity index is 1.71. The summed E-state index contributed by atoms with van der Waals surface area (Å²) < 4.78 is 5.19. The van der Waals surface area contributed by atoms with Crippen LogP contribution in [0.25, 0.3) is 0 Å². The van der Waals surface area contributed by atoms with E-state index in [0.29, 0.717) is 24.3 Å². The normalized spacial score (nSPS) is 20.3. The molecule has 2 aromatic rings. The number of hydrogen-bond donors (Lipinski definition) is 1. The number of hydrogen-bond acceptors (Lipinski definition) is 4. The van der Waals surface area contributed by atoms with Crippen LogP contribution in [-0.2, 0) is 11.3 Å². The van der Waals surface area contributed by atoms with Crippen LogP contribution in [0.3, 0.4) is 0 Å². The van der Waals surface area contributed by atoms with Crippen LogP contribution in [0.4, 0.5) is 0 Å². The first-order chi connectivity index (χ1) is 12.5. The Kier molecular flexibility index (Phi) is 5.42. The van der Waals surface area contributed by atoms with Gasteiger partial charge in [0.05, 0.1) is 11.8 Å². The van der Waals surface area contributed by atoms with Gasteiger partial charge in [-0.15, -0.1) is 0 Å². The molecule has 1 saturated heterocycles. The second kappa shape index (κ2) is 7.74. The molecule has 0 spiro atoms. The molecule has 1 aromatic carbocycles. The van der Waals surface area contributed by atoms with Crippen molar-refractivity contribution in [3.05, 3.63) is 59.5 Å². The van der Waals surface area contributed by atoms with E-state index in [4.69, 9.17) is 4.42 Å². The Morgan fingerprint density at radius 3 is 2.62 bits per heavy atom. The summed E-state index contributed by atoms with van der Waals surface area (Å²) in [4.78, 5) is 28.2. The number of carboxylic acid groups (broad SMARTS) is 1. The van der Waals surface area contributed by atoms with Crippen molar-refractivity contribution in [2.24, 2.45) is 0 Å². The number of aryl methyl sites for hydroxylation is 1. The molecule has 3 rings (SSSR count). The standard InChI is InChI=1S/C20H24N2O4/c1-14-17(9-11-26-14)19(23)22-10-8-16(12-18(22)20(24)25)21(2)13-15-6-4-3-5-7-15/h3-7,9,11,16,18H,8,10,12-13H2,1-2H3,(H,24,25). The average Bonchev–Trinajstić information content (AvgIpc) is 3.07. The Morgan fingerprint density at radius 1 is 1.27 bits per heavy atom. The number of piperidine rings is 1. The van der Waals surface area contributed by atoms with E-state index in [1.807, 2.05) is 25.2 Å². The van der Waals surface area contributed by atoms with Crippen molar-refractivity contribution in [2.45, 2.75) is 38.4 Å². The lowest BCUT2D eigenvalue weighted by Crippen LogP contribution is -2.54. The summed E-state index contributed by atoms with van der Waals surface area (Å²) in [6.07, 6.45) is 2.62. The Morgan fingerprint density at radius 2 is 2.00 bits per heavy atom. The zero-order chi connectivity index (χ0) is 18.7. The van der Waals surface area contributed by atoms with Crippen molar-refractivity contribution in [3.8, 4) is 0 Å². The zero-order valence-electron chi connectivity index (χ0n) is 15.1. The molecule has 0 saturated carbocycles. The van der Waals surface area contributed by atoms with Gasteiger partial charge in [0.15, 0.2) is 0 Å². The number of rotatable bonds is 5. The quantitative estimate of drug-likeness (QED) is 0.892. The maximum atomic E-state index is 12.8. The monoisotopic (exact) mass is 356 g/mol. The first-order valence-electron chi connectivity index (χ1n) is 8.79. The van der Waals surface area contributed by atoms with Gasteiger partial charge >= 0.3 is 5.97 Å². The predicted octanol–water partition coefficient (Wildman–Crippen LogP) is 2.78. The number of benzene rings is 1. The van der Waals surface area contributed by atoms with Crippen molar-refractivity contribution >= 4 is 11.9 Å². The van der Waals surface area contributed by atoms with Gasteiger partial charge < -0.3 is 14.4 Å². The van der Waals surface area contributed by atoms with Gasteiger partial charge in [0.25, 0.3) is 5.91 Å². The number of furan rings is 1. The van der Waals surface area contributed by atoms with E-state index in [2.05, 4.69) is 17.0 Å². The minimum atomic E-state index is -0.961. The second-order valence-corrected chi connectivity index (χ2v) is 6.82. The van der Waals surface area contributed by atoms with E-state index in [0.717, 1.165) is 13.0 Å². The SMILES string of the molecule is Cc1occc1C(=O)N1CCC(N(C)Cc2ccccc2)CC1C(=O)O.